The van der Waals surface area contributed by atoms with Crippen molar-refractivity contribution in [2.45, 2.75) is 29.7 Å². The van der Waals surface area contributed by atoms with Crippen LogP contribution in [0.5, 0.6) is 0 Å². The van der Waals surface area contributed by atoms with Gasteiger partial charge in [0.15, 0.2) is 0 Å². The highest BCUT2D eigenvalue weighted by Crippen LogP contribution is 2.36. The normalized spacial score (nSPS) is 17.8. The molecule has 106 valence electrons. The molecule has 6 nitrogen and oxygen atoms in total. The van der Waals surface area contributed by atoms with Gasteiger partial charge in [-0.05, 0) is 44.5 Å². The van der Waals surface area contributed by atoms with Crippen molar-refractivity contribution in [2.24, 2.45) is 0 Å². The lowest BCUT2D eigenvalue weighted by Gasteiger charge is -2.42. The van der Waals surface area contributed by atoms with Crippen molar-refractivity contribution in [3.8, 4) is 0 Å². The number of nitrogens with one attached hydrogen (secondary N) is 2. The second-order valence-corrected chi connectivity index (χ2v) is 6.76. The van der Waals surface area contributed by atoms with E-state index in [-0.39, 0.29) is 17.0 Å². The quantitative estimate of drug-likeness (QED) is 0.590. The first-order chi connectivity index (χ1) is 8.92. The molecule has 0 heterocycles. The standard InChI is InChI=1S/C12H19N3O3S/c1-14-19(17,18)9-3-4-10(13)11(7-9)15-12(8-16)5-2-6-12/h3-4,7,14-16H,2,5-6,8,13H2,1H3. The van der Waals surface area contributed by atoms with E-state index in [0.29, 0.717) is 11.4 Å². The number of anilines is 2. The van der Waals surface area contributed by atoms with Gasteiger partial charge in [0.05, 0.1) is 28.4 Å². The first-order valence-electron chi connectivity index (χ1n) is 6.15. The fraction of sp³-hybridized carbons (Fsp3) is 0.500. The van der Waals surface area contributed by atoms with Crippen LogP contribution in [0.2, 0.25) is 0 Å². The molecular formula is C12H19N3O3S. The van der Waals surface area contributed by atoms with Crippen molar-refractivity contribution in [1.82, 2.24) is 4.72 Å². The molecular weight excluding hydrogens is 266 g/mol. The lowest BCUT2D eigenvalue weighted by molar-refractivity contribution is 0.144. The number of sulfonamides is 1. The van der Waals surface area contributed by atoms with E-state index in [2.05, 4.69) is 10.0 Å². The number of aliphatic hydroxyl groups excluding tert-OH is 1. The monoisotopic (exact) mass is 285 g/mol. The third kappa shape index (κ3) is 2.68. The predicted octanol–water partition coefficient (Wildman–Crippen LogP) is 0.504. The van der Waals surface area contributed by atoms with E-state index in [4.69, 9.17) is 5.73 Å². The molecule has 1 aliphatic carbocycles. The van der Waals surface area contributed by atoms with Crippen LogP contribution in [0, 0.1) is 0 Å². The Bertz CT molecular complexity index is 562. The molecule has 2 rings (SSSR count). The zero-order chi connectivity index (χ0) is 14.1. The van der Waals surface area contributed by atoms with E-state index in [0.717, 1.165) is 19.3 Å². The molecule has 0 radical (unpaired) electrons. The summed E-state index contributed by atoms with van der Waals surface area (Å²) in [5, 5.41) is 12.6. The molecule has 1 saturated carbocycles. The van der Waals surface area contributed by atoms with Gasteiger partial charge in [0.1, 0.15) is 0 Å². The van der Waals surface area contributed by atoms with Crippen molar-refractivity contribution in [1.29, 1.82) is 0 Å². The van der Waals surface area contributed by atoms with E-state index in [1.807, 2.05) is 0 Å². The number of hydrogen-bond donors (Lipinski definition) is 4. The molecule has 1 fully saturated rings. The van der Waals surface area contributed by atoms with Crippen molar-refractivity contribution in [3.63, 3.8) is 0 Å². The Labute approximate surface area is 113 Å². The largest absolute Gasteiger partial charge is 0.397 e. The molecule has 7 heteroatoms. The molecule has 0 bridgehead atoms. The van der Waals surface area contributed by atoms with Crippen molar-refractivity contribution < 1.29 is 13.5 Å². The van der Waals surface area contributed by atoms with Crippen LogP contribution in [-0.4, -0.2) is 32.7 Å². The van der Waals surface area contributed by atoms with Crippen LogP contribution in [0.4, 0.5) is 11.4 Å². The molecule has 0 saturated heterocycles. The SMILES string of the molecule is CNS(=O)(=O)c1ccc(N)c(NC2(CO)CCC2)c1. The Morgan fingerprint density at radius 1 is 1.42 bits per heavy atom. The molecule has 0 amide bonds. The number of nitrogens with two attached hydrogens (primary N) is 1. The summed E-state index contributed by atoms with van der Waals surface area (Å²) in [4.78, 5) is 0.152. The van der Waals surface area contributed by atoms with Gasteiger partial charge in [-0.1, -0.05) is 0 Å². The Balaban J connectivity index is 2.33. The number of rotatable bonds is 5. The second-order valence-electron chi connectivity index (χ2n) is 4.87. The van der Waals surface area contributed by atoms with Crippen LogP contribution in [-0.2, 0) is 10.0 Å². The van der Waals surface area contributed by atoms with Crippen LogP contribution < -0.4 is 15.8 Å². The number of aliphatic hydroxyl groups is 1. The van der Waals surface area contributed by atoms with Gasteiger partial charge in [-0.25, -0.2) is 13.1 Å². The number of hydrogen-bond acceptors (Lipinski definition) is 5. The van der Waals surface area contributed by atoms with E-state index in [9.17, 15) is 13.5 Å². The zero-order valence-electron chi connectivity index (χ0n) is 10.8. The highest BCUT2D eigenvalue weighted by molar-refractivity contribution is 7.89. The molecule has 0 aromatic heterocycles. The molecule has 19 heavy (non-hydrogen) atoms. The third-order valence-electron chi connectivity index (χ3n) is 3.62. The first kappa shape index (κ1) is 14.1. The summed E-state index contributed by atoms with van der Waals surface area (Å²) >= 11 is 0. The summed E-state index contributed by atoms with van der Waals surface area (Å²) in [5.74, 6) is 0. The maximum Gasteiger partial charge on any atom is 0.240 e. The molecule has 0 unspecified atom stereocenters. The van der Waals surface area contributed by atoms with Gasteiger partial charge in [-0.2, -0.15) is 0 Å². The van der Waals surface area contributed by atoms with Gasteiger partial charge in [0.25, 0.3) is 0 Å². The molecule has 1 aromatic rings. The number of nitrogen functional groups attached to an aromatic ring is 1. The fourth-order valence-corrected chi connectivity index (χ4v) is 2.90. The van der Waals surface area contributed by atoms with Crippen LogP contribution in [0.15, 0.2) is 23.1 Å². The lowest BCUT2D eigenvalue weighted by atomic mass is 9.77. The molecule has 0 spiro atoms. The Morgan fingerprint density at radius 2 is 2.11 bits per heavy atom. The molecule has 0 atom stereocenters. The van der Waals surface area contributed by atoms with Gasteiger partial charge in [-0.15, -0.1) is 0 Å². The lowest BCUT2D eigenvalue weighted by Crippen LogP contribution is -2.48. The maximum atomic E-state index is 11.8. The maximum absolute atomic E-state index is 11.8. The average molecular weight is 285 g/mol. The minimum atomic E-state index is -3.50. The zero-order valence-corrected chi connectivity index (χ0v) is 11.6. The minimum absolute atomic E-state index is 0.00937. The number of benzene rings is 1. The van der Waals surface area contributed by atoms with E-state index in [1.54, 1.807) is 6.07 Å². The van der Waals surface area contributed by atoms with Gasteiger partial charge >= 0.3 is 0 Å². The van der Waals surface area contributed by atoms with Crippen LogP contribution in [0.1, 0.15) is 19.3 Å². The molecule has 1 aromatic carbocycles. The molecule has 5 N–H and O–H groups in total. The summed E-state index contributed by atoms with van der Waals surface area (Å²) in [6.07, 6.45) is 2.75. The summed E-state index contributed by atoms with van der Waals surface area (Å²) in [6, 6.07) is 4.51. The van der Waals surface area contributed by atoms with Crippen molar-refractivity contribution >= 4 is 21.4 Å². The summed E-state index contributed by atoms with van der Waals surface area (Å²) in [5.41, 5.74) is 6.50. The van der Waals surface area contributed by atoms with Gasteiger partial charge in [-0.3, -0.25) is 0 Å². The van der Waals surface area contributed by atoms with Gasteiger partial charge < -0.3 is 16.2 Å². The van der Waals surface area contributed by atoms with Crippen molar-refractivity contribution in [2.75, 3.05) is 24.7 Å². The Hall–Kier alpha value is -1.31. The third-order valence-corrected chi connectivity index (χ3v) is 5.03. The van der Waals surface area contributed by atoms with Crippen LogP contribution in [0.3, 0.4) is 0 Å². The molecule has 0 aliphatic heterocycles. The van der Waals surface area contributed by atoms with Crippen LogP contribution >= 0.6 is 0 Å². The summed E-state index contributed by atoms with van der Waals surface area (Å²) < 4.78 is 25.8. The van der Waals surface area contributed by atoms with Crippen LogP contribution in [0.25, 0.3) is 0 Å². The fourth-order valence-electron chi connectivity index (χ4n) is 2.14. The second kappa shape index (κ2) is 4.99. The van der Waals surface area contributed by atoms with Gasteiger partial charge in [0.2, 0.25) is 10.0 Å². The predicted molar refractivity (Wildman–Crippen MR) is 74.4 cm³/mol. The highest BCUT2D eigenvalue weighted by atomic mass is 32.2. The van der Waals surface area contributed by atoms with Crippen molar-refractivity contribution in [3.05, 3.63) is 18.2 Å². The Kier molecular flexibility index (Phi) is 3.71. The Morgan fingerprint density at radius 3 is 2.58 bits per heavy atom. The van der Waals surface area contributed by atoms with E-state index in [1.165, 1.54) is 19.2 Å². The minimum Gasteiger partial charge on any atom is -0.397 e. The van der Waals surface area contributed by atoms with Gasteiger partial charge in [0, 0.05) is 0 Å². The first-order valence-corrected chi connectivity index (χ1v) is 7.63. The summed E-state index contributed by atoms with van der Waals surface area (Å²) in [6.45, 7) is 0.00937. The molecule has 1 aliphatic rings. The smallest absolute Gasteiger partial charge is 0.240 e. The highest BCUT2D eigenvalue weighted by Gasteiger charge is 2.36. The average Bonchev–Trinajstić information content (AvgIpc) is 2.35. The topological polar surface area (TPSA) is 104 Å². The summed E-state index contributed by atoms with van der Waals surface area (Å²) in [7, 11) is -2.14. The van der Waals surface area contributed by atoms with E-state index >= 15 is 0 Å². The van der Waals surface area contributed by atoms with E-state index < -0.39 is 10.0 Å².